The summed E-state index contributed by atoms with van der Waals surface area (Å²) in [5.41, 5.74) is -0.445. The van der Waals surface area contributed by atoms with E-state index in [4.69, 9.17) is 9.47 Å². The third-order valence-electron chi connectivity index (χ3n) is 6.97. The molecule has 0 spiro atoms. The second-order valence-corrected chi connectivity index (χ2v) is 11.0. The van der Waals surface area contributed by atoms with Crippen LogP contribution in [0.3, 0.4) is 0 Å². The van der Waals surface area contributed by atoms with Crippen LogP contribution in [0.5, 0.6) is 5.75 Å². The number of rotatable bonds is 7. The fraction of sp³-hybridized carbons (Fsp3) is 0.556. The highest BCUT2D eigenvalue weighted by Gasteiger charge is 2.46. The molecule has 1 unspecified atom stereocenters. The molecule has 4 rings (SSSR count). The van der Waals surface area contributed by atoms with Crippen molar-refractivity contribution in [1.29, 1.82) is 0 Å². The van der Waals surface area contributed by atoms with Gasteiger partial charge in [0.2, 0.25) is 11.8 Å². The first kappa shape index (κ1) is 28.1. The summed E-state index contributed by atoms with van der Waals surface area (Å²) >= 11 is 0. The van der Waals surface area contributed by atoms with Gasteiger partial charge >= 0.3 is 6.09 Å². The number of carbonyl (C=O) groups excluding carboxylic acids is 6. The summed E-state index contributed by atoms with van der Waals surface area (Å²) in [7, 11) is 0. The molecule has 3 aliphatic heterocycles. The number of nitrogens with one attached hydrogen (secondary N) is 2. The molecule has 12 nitrogen and oxygen atoms in total. The number of likely N-dealkylation sites (tertiary alicyclic amines) is 1. The van der Waals surface area contributed by atoms with E-state index in [9.17, 15) is 28.8 Å². The van der Waals surface area contributed by atoms with Crippen LogP contribution >= 0.6 is 0 Å². The second-order valence-electron chi connectivity index (χ2n) is 11.0. The predicted molar refractivity (Wildman–Crippen MR) is 137 cm³/mol. The van der Waals surface area contributed by atoms with E-state index in [0.29, 0.717) is 25.6 Å². The fourth-order valence-electron chi connectivity index (χ4n) is 5.00. The number of ether oxygens (including phenoxy) is 2. The summed E-state index contributed by atoms with van der Waals surface area (Å²) < 4.78 is 10.9. The van der Waals surface area contributed by atoms with Gasteiger partial charge in [-0.25, -0.2) is 4.79 Å². The third kappa shape index (κ3) is 6.55. The van der Waals surface area contributed by atoms with Crippen LogP contribution in [0.1, 0.15) is 73.6 Å². The van der Waals surface area contributed by atoms with Gasteiger partial charge in [-0.05, 0) is 64.5 Å². The molecule has 0 bridgehead atoms. The van der Waals surface area contributed by atoms with Crippen LogP contribution in [0.4, 0.5) is 4.79 Å². The summed E-state index contributed by atoms with van der Waals surface area (Å²) in [5, 5.41) is 4.92. The number of hydrogen-bond donors (Lipinski definition) is 2. The molecule has 39 heavy (non-hydrogen) atoms. The van der Waals surface area contributed by atoms with Gasteiger partial charge in [0.15, 0.2) is 6.61 Å². The molecule has 0 aliphatic carbocycles. The minimum atomic E-state index is -1.08. The lowest BCUT2D eigenvalue weighted by Crippen LogP contribution is -2.54. The molecule has 1 atom stereocenters. The average Bonchev–Trinajstić information content (AvgIpc) is 3.12. The average molecular weight is 543 g/mol. The van der Waals surface area contributed by atoms with Crippen LogP contribution in [0.2, 0.25) is 0 Å². The van der Waals surface area contributed by atoms with Crippen LogP contribution in [0.25, 0.3) is 0 Å². The third-order valence-corrected chi connectivity index (χ3v) is 6.97. The fourth-order valence-corrected chi connectivity index (χ4v) is 5.00. The SMILES string of the molecule is CC(C)(C)OC(=O)NCCC1CCN(C(=O)COc2cccc3c2C(=O)N(C2CCC(=O)NC2=O)C3=O)CC1. The van der Waals surface area contributed by atoms with Crippen molar-refractivity contribution < 1.29 is 38.2 Å². The van der Waals surface area contributed by atoms with E-state index < -0.39 is 41.4 Å². The first-order valence-corrected chi connectivity index (χ1v) is 13.2. The summed E-state index contributed by atoms with van der Waals surface area (Å²) in [4.78, 5) is 77.1. The monoisotopic (exact) mass is 542 g/mol. The topological polar surface area (TPSA) is 151 Å². The molecule has 0 saturated carbocycles. The molecule has 1 aromatic rings. The van der Waals surface area contributed by atoms with Crippen molar-refractivity contribution >= 4 is 35.6 Å². The predicted octanol–water partition coefficient (Wildman–Crippen LogP) is 1.62. The summed E-state index contributed by atoms with van der Waals surface area (Å²) in [6, 6.07) is 3.45. The van der Waals surface area contributed by atoms with Crippen molar-refractivity contribution in [3.05, 3.63) is 29.3 Å². The highest BCUT2D eigenvalue weighted by atomic mass is 16.6. The molecule has 2 fully saturated rings. The number of fused-ring (bicyclic) bond motifs is 1. The summed E-state index contributed by atoms with van der Waals surface area (Å²) in [6.45, 7) is 6.71. The van der Waals surface area contributed by atoms with Gasteiger partial charge in [-0.15, -0.1) is 0 Å². The van der Waals surface area contributed by atoms with E-state index in [0.717, 1.165) is 24.2 Å². The van der Waals surface area contributed by atoms with Crippen LogP contribution in [-0.2, 0) is 19.1 Å². The Morgan fingerprint density at radius 2 is 1.77 bits per heavy atom. The normalized spacial score (nSPS) is 20.0. The molecule has 12 heteroatoms. The molecule has 0 aromatic heterocycles. The maximum atomic E-state index is 13.2. The first-order chi connectivity index (χ1) is 18.4. The molecule has 0 radical (unpaired) electrons. The molecular weight excluding hydrogens is 508 g/mol. The quantitative estimate of drug-likeness (QED) is 0.493. The second kappa shape index (κ2) is 11.4. The van der Waals surface area contributed by atoms with Gasteiger partial charge in [0.05, 0.1) is 11.1 Å². The van der Waals surface area contributed by atoms with E-state index in [1.54, 1.807) is 11.0 Å². The van der Waals surface area contributed by atoms with Crippen molar-refractivity contribution in [3.8, 4) is 5.75 Å². The zero-order valence-electron chi connectivity index (χ0n) is 22.4. The zero-order valence-corrected chi connectivity index (χ0v) is 22.4. The Morgan fingerprint density at radius 3 is 2.44 bits per heavy atom. The lowest BCUT2D eigenvalue weighted by atomic mass is 9.93. The van der Waals surface area contributed by atoms with Crippen molar-refractivity contribution in [2.24, 2.45) is 5.92 Å². The van der Waals surface area contributed by atoms with Crippen LogP contribution in [-0.4, -0.2) is 83.3 Å². The van der Waals surface area contributed by atoms with Crippen LogP contribution in [0, 0.1) is 5.92 Å². The molecule has 210 valence electrons. The minimum Gasteiger partial charge on any atom is -0.483 e. The molecule has 3 aliphatic rings. The van der Waals surface area contributed by atoms with E-state index in [1.165, 1.54) is 12.1 Å². The number of piperidine rings is 2. The van der Waals surface area contributed by atoms with Crippen molar-refractivity contribution in [1.82, 2.24) is 20.4 Å². The van der Waals surface area contributed by atoms with Gasteiger partial charge in [0.25, 0.3) is 17.7 Å². The Labute approximate surface area is 226 Å². The van der Waals surface area contributed by atoms with Crippen molar-refractivity contribution in [2.75, 3.05) is 26.2 Å². The number of imide groups is 2. The van der Waals surface area contributed by atoms with Gasteiger partial charge < -0.3 is 19.7 Å². The molecule has 2 saturated heterocycles. The standard InChI is InChI=1S/C27H34N4O8/c1-27(2,3)39-26(37)28-12-9-16-10-13-30(14-11-16)21(33)15-38-19-6-4-5-17-22(19)25(36)31(24(17)35)18-7-8-20(32)29-23(18)34/h4-6,16,18H,7-15H2,1-3H3,(H,28,37)(H,29,32,34). The lowest BCUT2D eigenvalue weighted by Gasteiger charge is -2.32. The molecule has 2 N–H and O–H groups in total. The Bertz CT molecular complexity index is 1180. The maximum Gasteiger partial charge on any atom is 0.407 e. The summed E-state index contributed by atoms with van der Waals surface area (Å²) in [6.07, 6.45) is 2.00. The van der Waals surface area contributed by atoms with E-state index in [2.05, 4.69) is 10.6 Å². The van der Waals surface area contributed by atoms with Crippen LogP contribution in [0.15, 0.2) is 18.2 Å². The number of alkyl carbamates (subject to hydrolysis) is 1. The smallest absolute Gasteiger partial charge is 0.407 e. The van der Waals surface area contributed by atoms with Crippen molar-refractivity contribution in [2.45, 2.75) is 64.5 Å². The van der Waals surface area contributed by atoms with Gasteiger partial charge in [0.1, 0.15) is 17.4 Å². The van der Waals surface area contributed by atoms with Crippen molar-refractivity contribution in [3.63, 3.8) is 0 Å². The Hall–Kier alpha value is -3.96. The largest absolute Gasteiger partial charge is 0.483 e. The van der Waals surface area contributed by atoms with Gasteiger partial charge in [-0.3, -0.25) is 34.2 Å². The van der Waals surface area contributed by atoms with Crippen LogP contribution < -0.4 is 15.4 Å². The van der Waals surface area contributed by atoms with Gasteiger partial charge in [-0.1, -0.05) is 6.07 Å². The number of amides is 6. The highest BCUT2D eigenvalue weighted by molar-refractivity contribution is 6.24. The lowest BCUT2D eigenvalue weighted by molar-refractivity contribution is -0.136. The van der Waals surface area contributed by atoms with E-state index >= 15 is 0 Å². The molecule has 1 aromatic carbocycles. The maximum absolute atomic E-state index is 13.2. The number of carbonyl (C=O) groups is 6. The van der Waals surface area contributed by atoms with E-state index in [1.807, 2.05) is 20.8 Å². The highest BCUT2D eigenvalue weighted by Crippen LogP contribution is 2.33. The summed E-state index contributed by atoms with van der Waals surface area (Å²) in [5.74, 6) is -2.24. The zero-order chi connectivity index (χ0) is 28.3. The molecule has 3 heterocycles. The van der Waals surface area contributed by atoms with E-state index in [-0.39, 0.29) is 42.2 Å². The van der Waals surface area contributed by atoms with Gasteiger partial charge in [0, 0.05) is 26.1 Å². The number of benzene rings is 1. The number of hydrogen-bond acceptors (Lipinski definition) is 8. The first-order valence-electron chi connectivity index (χ1n) is 13.2. The molecular formula is C27H34N4O8. The Balaban J connectivity index is 1.27. The number of nitrogens with zero attached hydrogens (tertiary/aromatic N) is 2. The minimum absolute atomic E-state index is 0.0104. The van der Waals surface area contributed by atoms with Gasteiger partial charge in [-0.2, -0.15) is 0 Å². The Kier molecular flexibility index (Phi) is 8.22. The molecule has 6 amide bonds. The Morgan fingerprint density at radius 1 is 1.05 bits per heavy atom.